The molecule has 1 heteroatoms. The molecule has 10 aromatic rings. The van der Waals surface area contributed by atoms with E-state index in [1.54, 1.807) is 0 Å². The number of hydrogen-bond acceptors (Lipinski definition) is 1. The second kappa shape index (κ2) is 16.9. The molecule has 0 unspecified atom stereocenters. The lowest BCUT2D eigenvalue weighted by Crippen LogP contribution is -2.11. The minimum absolute atomic E-state index is 1.06. The molecule has 0 radical (unpaired) electrons. The van der Waals surface area contributed by atoms with Gasteiger partial charge in [0, 0.05) is 17.1 Å². The van der Waals surface area contributed by atoms with Gasteiger partial charge in [-0.05, 0) is 144 Å². The van der Waals surface area contributed by atoms with Gasteiger partial charge >= 0.3 is 0 Å². The quantitative estimate of drug-likeness (QED) is 0.133. The van der Waals surface area contributed by atoms with Crippen molar-refractivity contribution in [2.45, 2.75) is 6.92 Å². The molecule has 62 heavy (non-hydrogen) atoms. The number of hydrogen-bond donors (Lipinski definition) is 0. The molecule has 0 spiro atoms. The molecule has 10 rings (SSSR count). The van der Waals surface area contributed by atoms with Gasteiger partial charge in [-0.25, -0.2) is 0 Å². The summed E-state index contributed by atoms with van der Waals surface area (Å²) in [4.78, 5) is 2.45. The van der Waals surface area contributed by atoms with E-state index >= 15 is 0 Å². The SMILES string of the molecule is C=Cc1ccc2ccccc2c1-c1c(C)cccc1-c1cccc(N(c2cc(-c3ccccc3)cc(-c3ccccc3)c2)c2cc(-c3ccccc3)cc(-c3ccccc3)c2)c1. The Morgan fingerprint density at radius 2 is 0.774 bits per heavy atom. The maximum absolute atomic E-state index is 4.27. The van der Waals surface area contributed by atoms with E-state index in [2.05, 4.69) is 255 Å². The molecular formula is C61H45N. The van der Waals surface area contributed by atoms with Crippen LogP contribution in [0.1, 0.15) is 11.1 Å². The average molecular weight is 792 g/mol. The van der Waals surface area contributed by atoms with Gasteiger partial charge in [-0.15, -0.1) is 0 Å². The summed E-state index contributed by atoms with van der Waals surface area (Å²) in [5.41, 5.74) is 19.6. The lowest BCUT2D eigenvalue weighted by molar-refractivity contribution is 1.28. The van der Waals surface area contributed by atoms with Crippen LogP contribution >= 0.6 is 0 Å². The van der Waals surface area contributed by atoms with E-state index in [0.29, 0.717) is 0 Å². The molecule has 0 aliphatic carbocycles. The van der Waals surface area contributed by atoms with E-state index in [4.69, 9.17) is 0 Å². The van der Waals surface area contributed by atoms with Crippen molar-refractivity contribution < 1.29 is 0 Å². The van der Waals surface area contributed by atoms with Crippen LogP contribution in [0.2, 0.25) is 0 Å². The molecular weight excluding hydrogens is 747 g/mol. The summed E-state index contributed by atoms with van der Waals surface area (Å²) in [7, 11) is 0. The molecule has 0 aromatic heterocycles. The van der Waals surface area contributed by atoms with Gasteiger partial charge in [0.05, 0.1) is 0 Å². The molecule has 1 nitrogen and oxygen atoms in total. The lowest BCUT2D eigenvalue weighted by atomic mass is 9.85. The van der Waals surface area contributed by atoms with E-state index < -0.39 is 0 Å². The first kappa shape index (κ1) is 38.2. The topological polar surface area (TPSA) is 3.24 Å². The van der Waals surface area contributed by atoms with E-state index in [0.717, 1.165) is 50.4 Å². The second-order valence-electron chi connectivity index (χ2n) is 15.8. The van der Waals surface area contributed by atoms with Gasteiger partial charge < -0.3 is 4.90 Å². The van der Waals surface area contributed by atoms with Crippen molar-refractivity contribution in [1.29, 1.82) is 0 Å². The third-order valence-electron chi connectivity index (χ3n) is 11.9. The highest BCUT2D eigenvalue weighted by atomic mass is 15.1. The smallest absolute Gasteiger partial charge is 0.0473 e. The summed E-state index contributed by atoms with van der Waals surface area (Å²) in [6.45, 7) is 6.50. The normalized spacial score (nSPS) is 11.0. The number of benzene rings is 10. The van der Waals surface area contributed by atoms with Gasteiger partial charge in [0.2, 0.25) is 0 Å². The fraction of sp³-hybridized carbons (Fsp3) is 0.0164. The third-order valence-corrected chi connectivity index (χ3v) is 11.9. The van der Waals surface area contributed by atoms with Crippen molar-refractivity contribution in [3.05, 3.63) is 254 Å². The summed E-state index contributed by atoms with van der Waals surface area (Å²) in [6, 6.07) is 85.7. The van der Waals surface area contributed by atoms with Crippen LogP contribution in [0, 0.1) is 6.92 Å². The number of aryl methyl sites for hydroxylation is 1. The van der Waals surface area contributed by atoms with Crippen LogP contribution in [0.5, 0.6) is 0 Å². The summed E-state index contributed by atoms with van der Waals surface area (Å²) in [5, 5.41) is 2.43. The Morgan fingerprint density at radius 1 is 0.339 bits per heavy atom. The standard InChI is InChI=1S/C61H45N/c1-3-44-34-35-49-29-16-17-32-58(49)61(44)60-43(2)20-18-33-59(60)50-30-19-31-55(38-50)62(56-39-51(45-21-8-4-9-22-45)36-52(40-56)46-23-10-5-11-24-46)57-41-53(47-25-12-6-13-26-47)37-54(42-57)48-27-14-7-15-28-48/h3-42H,1H2,2H3. The van der Waals surface area contributed by atoms with Crippen molar-refractivity contribution in [2.75, 3.05) is 4.90 Å². The molecule has 0 fully saturated rings. The Labute approximate surface area is 365 Å². The zero-order valence-corrected chi connectivity index (χ0v) is 34.7. The summed E-state index contributed by atoms with van der Waals surface area (Å²) in [6.07, 6.45) is 1.99. The molecule has 0 aliphatic heterocycles. The third kappa shape index (κ3) is 7.53. The van der Waals surface area contributed by atoms with Crippen molar-refractivity contribution in [3.63, 3.8) is 0 Å². The molecule has 0 heterocycles. The van der Waals surface area contributed by atoms with Crippen LogP contribution < -0.4 is 4.90 Å². The second-order valence-corrected chi connectivity index (χ2v) is 15.8. The Kier molecular flexibility index (Phi) is 10.4. The average Bonchev–Trinajstić information content (AvgIpc) is 3.35. The van der Waals surface area contributed by atoms with Crippen LogP contribution in [0.25, 0.3) is 83.6 Å². The zero-order chi connectivity index (χ0) is 41.8. The van der Waals surface area contributed by atoms with Crippen molar-refractivity contribution in [1.82, 2.24) is 0 Å². The van der Waals surface area contributed by atoms with E-state index in [-0.39, 0.29) is 0 Å². The van der Waals surface area contributed by atoms with Gasteiger partial charge in [-0.3, -0.25) is 0 Å². The highest BCUT2D eigenvalue weighted by molar-refractivity contribution is 6.05. The minimum atomic E-state index is 1.06. The van der Waals surface area contributed by atoms with Crippen molar-refractivity contribution in [2.24, 2.45) is 0 Å². The Hall–Kier alpha value is -8.00. The number of fused-ring (bicyclic) bond motifs is 1. The molecule has 0 aliphatic rings. The van der Waals surface area contributed by atoms with Gasteiger partial charge in [-0.1, -0.05) is 201 Å². The van der Waals surface area contributed by atoms with Crippen LogP contribution in [0.4, 0.5) is 17.1 Å². The van der Waals surface area contributed by atoms with Crippen LogP contribution in [-0.4, -0.2) is 0 Å². The Morgan fingerprint density at radius 3 is 1.27 bits per heavy atom. The highest BCUT2D eigenvalue weighted by Crippen LogP contribution is 2.46. The summed E-state index contributed by atoms with van der Waals surface area (Å²) in [5.74, 6) is 0. The predicted octanol–water partition coefficient (Wildman–Crippen LogP) is 17.3. The van der Waals surface area contributed by atoms with Gasteiger partial charge in [0.25, 0.3) is 0 Å². The number of nitrogens with zero attached hydrogens (tertiary/aromatic N) is 1. The molecule has 0 bridgehead atoms. The number of rotatable bonds is 10. The molecule has 0 saturated carbocycles. The lowest BCUT2D eigenvalue weighted by Gasteiger charge is -2.29. The number of anilines is 3. The Bertz CT molecular complexity index is 2940. The summed E-state index contributed by atoms with van der Waals surface area (Å²) >= 11 is 0. The first-order valence-electron chi connectivity index (χ1n) is 21.3. The monoisotopic (exact) mass is 791 g/mol. The first-order chi connectivity index (χ1) is 30.6. The van der Waals surface area contributed by atoms with E-state index in [1.807, 2.05) is 6.08 Å². The molecule has 0 saturated heterocycles. The predicted molar refractivity (Wildman–Crippen MR) is 266 cm³/mol. The van der Waals surface area contributed by atoms with E-state index in [1.165, 1.54) is 55.3 Å². The van der Waals surface area contributed by atoms with Crippen LogP contribution in [-0.2, 0) is 0 Å². The van der Waals surface area contributed by atoms with Gasteiger partial charge in [0.1, 0.15) is 0 Å². The molecule has 294 valence electrons. The minimum Gasteiger partial charge on any atom is -0.310 e. The maximum atomic E-state index is 4.27. The van der Waals surface area contributed by atoms with Crippen molar-refractivity contribution in [3.8, 4) is 66.8 Å². The van der Waals surface area contributed by atoms with Gasteiger partial charge in [-0.2, -0.15) is 0 Å². The van der Waals surface area contributed by atoms with Crippen molar-refractivity contribution >= 4 is 33.9 Å². The highest BCUT2D eigenvalue weighted by Gasteiger charge is 2.21. The van der Waals surface area contributed by atoms with Crippen LogP contribution in [0.15, 0.2) is 243 Å². The molecule has 10 aromatic carbocycles. The molecule has 0 N–H and O–H groups in total. The van der Waals surface area contributed by atoms with Crippen LogP contribution in [0.3, 0.4) is 0 Å². The zero-order valence-electron chi connectivity index (χ0n) is 34.7. The summed E-state index contributed by atoms with van der Waals surface area (Å²) < 4.78 is 0. The fourth-order valence-corrected chi connectivity index (χ4v) is 8.91. The molecule has 0 amide bonds. The first-order valence-corrected chi connectivity index (χ1v) is 21.3. The van der Waals surface area contributed by atoms with E-state index in [9.17, 15) is 0 Å². The fourth-order valence-electron chi connectivity index (χ4n) is 8.91. The maximum Gasteiger partial charge on any atom is 0.0473 e. The molecule has 0 atom stereocenters. The van der Waals surface area contributed by atoms with Gasteiger partial charge in [0.15, 0.2) is 0 Å². The largest absolute Gasteiger partial charge is 0.310 e. The Balaban J connectivity index is 1.25.